The van der Waals surface area contributed by atoms with Crippen LogP contribution in [0, 0.1) is 0 Å². The van der Waals surface area contributed by atoms with Crippen molar-refractivity contribution in [3.63, 3.8) is 0 Å². The van der Waals surface area contributed by atoms with Crippen molar-refractivity contribution in [2.75, 3.05) is 57.6 Å². The molecule has 156 valence electrons. The Balaban J connectivity index is 1.50. The summed E-state index contributed by atoms with van der Waals surface area (Å²) in [5.74, 6) is 1.06. The van der Waals surface area contributed by atoms with Gasteiger partial charge >= 0.3 is 0 Å². The minimum atomic E-state index is 0.133. The number of carbonyl (C=O) groups is 1. The smallest absolute Gasteiger partial charge is 0.236 e. The molecule has 0 radical (unpaired) electrons. The van der Waals surface area contributed by atoms with Crippen LogP contribution in [-0.2, 0) is 11.3 Å². The Hall–Kier alpha value is -2.67. The number of likely N-dealkylation sites (N-methyl/N-ethyl adjacent to an activating group) is 2. The minimum absolute atomic E-state index is 0.133. The van der Waals surface area contributed by atoms with Gasteiger partial charge in [-0.05, 0) is 49.7 Å². The summed E-state index contributed by atoms with van der Waals surface area (Å²) in [5, 5.41) is 8.25. The zero-order chi connectivity index (χ0) is 20.8. The molecule has 1 saturated heterocycles. The second-order valence-corrected chi connectivity index (χ2v) is 8.08. The van der Waals surface area contributed by atoms with E-state index in [-0.39, 0.29) is 5.91 Å². The van der Waals surface area contributed by atoms with Crippen molar-refractivity contribution in [1.29, 1.82) is 0 Å². The summed E-state index contributed by atoms with van der Waals surface area (Å²) in [6, 6.07) is 12.6. The molecule has 0 saturated carbocycles. The number of amides is 1. The Morgan fingerprint density at radius 1 is 1.14 bits per heavy atom. The summed E-state index contributed by atoms with van der Waals surface area (Å²) in [5.41, 5.74) is 2.30. The minimum Gasteiger partial charge on any atom is -0.378 e. The molecule has 7 nitrogen and oxygen atoms in total. The molecule has 1 amide bonds. The van der Waals surface area contributed by atoms with E-state index in [9.17, 15) is 4.79 Å². The van der Waals surface area contributed by atoms with E-state index in [2.05, 4.69) is 49.2 Å². The highest BCUT2D eigenvalue weighted by Crippen LogP contribution is 2.23. The van der Waals surface area contributed by atoms with Crippen LogP contribution in [0.4, 0.5) is 11.5 Å². The van der Waals surface area contributed by atoms with Crippen LogP contribution in [-0.4, -0.2) is 79.8 Å². The molecule has 2 aromatic rings. The average Bonchev–Trinajstić information content (AvgIpc) is 3.16. The van der Waals surface area contributed by atoms with E-state index >= 15 is 0 Å². The van der Waals surface area contributed by atoms with Crippen LogP contribution in [0.1, 0.15) is 18.4 Å². The van der Waals surface area contributed by atoms with Crippen molar-refractivity contribution in [2.24, 2.45) is 0 Å². The van der Waals surface area contributed by atoms with E-state index in [1.165, 1.54) is 0 Å². The lowest BCUT2D eigenvalue weighted by Gasteiger charge is -2.29. The number of hydrogen-bond donors (Lipinski definition) is 0. The van der Waals surface area contributed by atoms with Crippen molar-refractivity contribution in [3.8, 4) is 0 Å². The molecule has 0 N–H and O–H groups in total. The monoisotopic (exact) mass is 396 g/mol. The van der Waals surface area contributed by atoms with Crippen LogP contribution in [0.5, 0.6) is 0 Å². The molecule has 0 bridgehead atoms. The lowest BCUT2D eigenvalue weighted by atomic mass is 10.2. The molecule has 1 atom stereocenters. The molecule has 0 spiro atoms. The van der Waals surface area contributed by atoms with E-state index in [0.29, 0.717) is 19.1 Å². The lowest BCUT2D eigenvalue weighted by Crippen LogP contribution is -2.43. The van der Waals surface area contributed by atoms with Gasteiger partial charge in [0.25, 0.3) is 0 Å². The zero-order valence-electron chi connectivity index (χ0n) is 18.0. The third-order valence-electron chi connectivity index (χ3n) is 5.46. The number of nitrogens with zero attached hydrogens (tertiary/aromatic N) is 6. The number of anilines is 2. The Morgan fingerprint density at radius 2 is 1.90 bits per heavy atom. The van der Waals surface area contributed by atoms with Gasteiger partial charge in [0, 0.05) is 58.7 Å². The second kappa shape index (κ2) is 9.69. The SMILES string of the molecule is CN(CC(=O)N(C)Cc1ccc(N(C)C)cc1)CC1CCCN1c1cccnn1. The van der Waals surface area contributed by atoms with Crippen molar-refractivity contribution in [3.05, 3.63) is 48.2 Å². The van der Waals surface area contributed by atoms with E-state index in [0.717, 1.165) is 43.0 Å². The Morgan fingerprint density at radius 3 is 2.55 bits per heavy atom. The van der Waals surface area contributed by atoms with Gasteiger partial charge in [-0.3, -0.25) is 9.69 Å². The molecule has 29 heavy (non-hydrogen) atoms. The van der Waals surface area contributed by atoms with Crippen LogP contribution >= 0.6 is 0 Å². The second-order valence-electron chi connectivity index (χ2n) is 8.08. The molecule has 1 unspecified atom stereocenters. The highest BCUT2D eigenvalue weighted by Gasteiger charge is 2.27. The molecule has 1 aromatic carbocycles. The number of rotatable bonds is 8. The molecule has 1 aliphatic rings. The summed E-state index contributed by atoms with van der Waals surface area (Å²) >= 11 is 0. The molecule has 0 aliphatic carbocycles. The predicted octanol–water partition coefficient (Wildman–Crippen LogP) is 2.10. The quantitative estimate of drug-likeness (QED) is 0.681. The number of aromatic nitrogens is 2. The zero-order valence-corrected chi connectivity index (χ0v) is 18.0. The maximum absolute atomic E-state index is 12.7. The first kappa shape index (κ1) is 21.0. The summed E-state index contributed by atoms with van der Waals surface area (Å²) in [4.78, 5) is 21.0. The van der Waals surface area contributed by atoms with Gasteiger partial charge in [0.05, 0.1) is 6.54 Å². The molecular weight excluding hydrogens is 364 g/mol. The Kier molecular flexibility index (Phi) is 7.04. The first-order chi connectivity index (χ1) is 13.9. The first-order valence-corrected chi connectivity index (χ1v) is 10.2. The lowest BCUT2D eigenvalue weighted by molar-refractivity contribution is -0.131. The van der Waals surface area contributed by atoms with E-state index in [1.54, 1.807) is 11.1 Å². The maximum Gasteiger partial charge on any atom is 0.236 e. The van der Waals surface area contributed by atoms with Crippen molar-refractivity contribution >= 4 is 17.4 Å². The van der Waals surface area contributed by atoms with Gasteiger partial charge in [-0.25, -0.2) is 0 Å². The van der Waals surface area contributed by atoms with Gasteiger partial charge in [0.1, 0.15) is 0 Å². The van der Waals surface area contributed by atoms with Crippen LogP contribution in [0.25, 0.3) is 0 Å². The predicted molar refractivity (Wildman–Crippen MR) is 117 cm³/mol. The number of benzene rings is 1. The van der Waals surface area contributed by atoms with Crippen LogP contribution in [0.3, 0.4) is 0 Å². The van der Waals surface area contributed by atoms with Crippen molar-refractivity contribution < 1.29 is 4.79 Å². The normalized spacial score (nSPS) is 16.3. The maximum atomic E-state index is 12.7. The van der Waals surface area contributed by atoms with Gasteiger partial charge in [-0.1, -0.05) is 12.1 Å². The molecule has 1 aliphatic heterocycles. The van der Waals surface area contributed by atoms with Gasteiger partial charge in [0.2, 0.25) is 5.91 Å². The van der Waals surface area contributed by atoms with Crippen molar-refractivity contribution in [2.45, 2.75) is 25.4 Å². The van der Waals surface area contributed by atoms with Gasteiger partial charge in [0.15, 0.2) is 5.82 Å². The van der Waals surface area contributed by atoms with Gasteiger partial charge in [-0.2, -0.15) is 5.10 Å². The van der Waals surface area contributed by atoms with E-state index in [1.807, 2.05) is 40.3 Å². The standard InChI is InChI=1S/C22H32N6O/c1-25(2)19-11-9-18(10-12-19)15-27(4)22(29)17-26(3)16-20-7-6-14-28(20)21-8-5-13-23-24-21/h5,8-13,20H,6-7,14-17H2,1-4H3. The molecular formula is C22H32N6O. The van der Waals surface area contributed by atoms with E-state index in [4.69, 9.17) is 0 Å². The van der Waals surface area contributed by atoms with Crippen LogP contribution in [0.15, 0.2) is 42.6 Å². The highest BCUT2D eigenvalue weighted by atomic mass is 16.2. The third kappa shape index (κ3) is 5.67. The fourth-order valence-electron chi connectivity index (χ4n) is 3.81. The van der Waals surface area contributed by atoms with Crippen molar-refractivity contribution in [1.82, 2.24) is 20.0 Å². The molecule has 1 aromatic heterocycles. The number of hydrogen-bond acceptors (Lipinski definition) is 6. The number of carbonyl (C=O) groups excluding carboxylic acids is 1. The molecule has 3 rings (SSSR count). The Labute approximate surface area is 173 Å². The largest absolute Gasteiger partial charge is 0.378 e. The van der Waals surface area contributed by atoms with Gasteiger partial charge < -0.3 is 14.7 Å². The average molecular weight is 397 g/mol. The fraction of sp³-hybridized carbons (Fsp3) is 0.500. The third-order valence-corrected chi connectivity index (χ3v) is 5.46. The first-order valence-electron chi connectivity index (χ1n) is 10.2. The molecule has 7 heteroatoms. The van der Waals surface area contributed by atoms with Crippen LogP contribution in [0.2, 0.25) is 0 Å². The Bertz CT molecular complexity index is 780. The van der Waals surface area contributed by atoms with Gasteiger partial charge in [-0.15, -0.1) is 5.10 Å². The van der Waals surface area contributed by atoms with Crippen LogP contribution < -0.4 is 9.80 Å². The summed E-state index contributed by atoms with van der Waals surface area (Å²) in [7, 11) is 7.94. The summed E-state index contributed by atoms with van der Waals surface area (Å²) < 4.78 is 0. The fourth-order valence-corrected chi connectivity index (χ4v) is 3.81. The highest BCUT2D eigenvalue weighted by molar-refractivity contribution is 5.78. The summed E-state index contributed by atoms with van der Waals surface area (Å²) in [6.07, 6.45) is 3.96. The topological polar surface area (TPSA) is 55.8 Å². The summed E-state index contributed by atoms with van der Waals surface area (Å²) in [6.45, 7) is 2.87. The van der Waals surface area contributed by atoms with E-state index < -0.39 is 0 Å². The molecule has 2 heterocycles. The molecule has 1 fully saturated rings.